The van der Waals surface area contributed by atoms with Gasteiger partial charge in [-0.05, 0) is 55.5 Å². The molecule has 0 spiro atoms. The van der Waals surface area contributed by atoms with E-state index in [1.54, 1.807) is 0 Å². The molecule has 0 aliphatic carbocycles. The van der Waals surface area contributed by atoms with E-state index >= 15 is 0 Å². The molecule has 0 heterocycles. The normalized spacial score (nSPS) is 11.8. The third-order valence-electron chi connectivity index (χ3n) is 3.81. The third kappa shape index (κ3) is 5.66. The number of nitrogens with zero attached hydrogens (tertiary/aromatic N) is 4. The number of hydrogen-bond acceptors (Lipinski definition) is 4. The van der Waals surface area contributed by atoms with Crippen LogP contribution in [0.1, 0.15) is 6.92 Å². The highest BCUT2D eigenvalue weighted by molar-refractivity contribution is 5.53. The second kappa shape index (κ2) is 7.93. The van der Waals surface area contributed by atoms with E-state index in [0.29, 0.717) is 0 Å². The minimum atomic E-state index is 0.729. The fourth-order valence-corrected chi connectivity index (χ4v) is 2.28. The molecule has 5 heteroatoms. The Morgan fingerprint density at radius 3 is 1.83 bits per heavy atom. The summed E-state index contributed by atoms with van der Waals surface area (Å²) >= 11 is 0. The van der Waals surface area contributed by atoms with Gasteiger partial charge in [-0.3, -0.25) is 0 Å². The molecule has 0 radical (unpaired) electrons. The minimum Gasteiger partial charge on any atom is -0.399 e. The molecule has 0 aromatic heterocycles. The summed E-state index contributed by atoms with van der Waals surface area (Å²) in [5, 5.41) is 8.51. The molecule has 5 nitrogen and oxygen atoms in total. The molecule has 0 bridgehead atoms. The van der Waals surface area contributed by atoms with Crippen molar-refractivity contribution in [2.24, 2.45) is 10.2 Å². The summed E-state index contributed by atoms with van der Waals surface area (Å²) in [6.45, 7) is 5.31. The SMILES string of the molecule is CCN(CC[N+](C)(C)C)c1ccc(N=Nc2ccc(N)cc2)cc1. The molecule has 2 rings (SSSR count). The number of nitrogens with two attached hydrogens (primary N) is 1. The van der Waals surface area contributed by atoms with Crippen LogP contribution in [0.4, 0.5) is 22.7 Å². The summed E-state index contributed by atoms with van der Waals surface area (Å²) in [5.41, 5.74) is 9.26. The predicted octanol–water partition coefficient (Wildman–Crippen LogP) is 4.22. The first kappa shape index (κ1) is 17.9. The van der Waals surface area contributed by atoms with E-state index in [2.05, 4.69) is 55.3 Å². The van der Waals surface area contributed by atoms with Gasteiger partial charge in [0.15, 0.2) is 0 Å². The number of likely N-dealkylation sites (N-methyl/N-ethyl adjacent to an activating group) is 2. The van der Waals surface area contributed by atoms with Crippen molar-refractivity contribution in [3.05, 3.63) is 48.5 Å². The van der Waals surface area contributed by atoms with Crippen molar-refractivity contribution in [1.29, 1.82) is 0 Å². The maximum absolute atomic E-state index is 5.67. The molecule has 2 aromatic carbocycles. The van der Waals surface area contributed by atoms with Crippen LogP contribution in [0.5, 0.6) is 0 Å². The molecule has 0 aliphatic heterocycles. The summed E-state index contributed by atoms with van der Waals surface area (Å²) in [6.07, 6.45) is 0. The summed E-state index contributed by atoms with van der Waals surface area (Å²) in [5.74, 6) is 0. The van der Waals surface area contributed by atoms with Gasteiger partial charge in [-0.25, -0.2) is 0 Å². The molecular weight excluding hydrogens is 298 g/mol. The van der Waals surface area contributed by atoms with Gasteiger partial charge >= 0.3 is 0 Å². The smallest absolute Gasteiger partial charge is 0.0958 e. The van der Waals surface area contributed by atoms with E-state index in [1.807, 2.05) is 36.4 Å². The molecule has 128 valence electrons. The van der Waals surface area contributed by atoms with Gasteiger partial charge in [-0.2, -0.15) is 10.2 Å². The van der Waals surface area contributed by atoms with Gasteiger partial charge in [0, 0.05) is 17.9 Å². The number of anilines is 2. The fraction of sp³-hybridized carbons (Fsp3) is 0.368. The number of nitrogen functional groups attached to an aromatic ring is 1. The highest BCUT2D eigenvalue weighted by Crippen LogP contribution is 2.22. The molecule has 0 fully saturated rings. The third-order valence-corrected chi connectivity index (χ3v) is 3.81. The van der Waals surface area contributed by atoms with Gasteiger partial charge in [0.1, 0.15) is 0 Å². The molecular formula is C19H28N5+. The Hall–Kier alpha value is -2.40. The maximum Gasteiger partial charge on any atom is 0.0958 e. The Labute approximate surface area is 145 Å². The van der Waals surface area contributed by atoms with E-state index in [0.717, 1.165) is 41.2 Å². The van der Waals surface area contributed by atoms with Crippen LogP contribution in [0.3, 0.4) is 0 Å². The monoisotopic (exact) mass is 326 g/mol. The van der Waals surface area contributed by atoms with Crippen LogP contribution < -0.4 is 10.6 Å². The Balaban J connectivity index is 2.02. The quantitative estimate of drug-likeness (QED) is 0.470. The second-order valence-corrected chi connectivity index (χ2v) is 6.90. The number of benzene rings is 2. The first-order chi connectivity index (χ1) is 11.4. The van der Waals surface area contributed by atoms with E-state index < -0.39 is 0 Å². The summed E-state index contributed by atoms with van der Waals surface area (Å²) in [7, 11) is 6.65. The average molecular weight is 326 g/mol. The van der Waals surface area contributed by atoms with Crippen LogP contribution in [-0.2, 0) is 0 Å². The van der Waals surface area contributed by atoms with Crippen LogP contribution >= 0.6 is 0 Å². The van der Waals surface area contributed by atoms with Gasteiger partial charge in [0.05, 0.1) is 45.6 Å². The van der Waals surface area contributed by atoms with Crippen molar-refractivity contribution >= 4 is 22.7 Å². The van der Waals surface area contributed by atoms with Gasteiger partial charge in [0.25, 0.3) is 0 Å². The first-order valence-electron chi connectivity index (χ1n) is 8.30. The predicted molar refractivity (Wildman–Crippen MR) is 102 cm³/mol. The number of azo groups is 1. The van der Waals surface area contributed by atoms with Crippen LogP contribution in [0.25, 0.3) is 0 Å². The Bertz CT molecular complexity index is 654. The largest absolute Gasteiger partial charge is 0.399 e. The summed E-state index contributed by atoms with van der Waals surface area (Å²) < 4.78 is 0.963. The number of rotatable bonds is 7. The lowest BCUT2D eigenvalue weighted by atomic mass is 10.2. The van der Waals surface area contributed by atoms with Crippen molar-refractivity contribution in [1.82, 2.24) is 0 Å². The van der Waals surface area contributed by atoms with E-state index in [-0.39, 0.29) is 0 Å². The van der Waals surface area contributed by atoms with Crippen LogP contribution in [0, 0.1) is 0 Å². The molecule has 24 heavy (non-hydrogen) atoms. The van der Waals surface area contributed by atoms with Crippen LogP contribution in [0.2, 0.25) is 0 Å². The van der Waals surface area contributed by atoms with Crippen LogP contribution in [0.15, 0.2) is 58.8 Å². The zero-order chi connectivity index (χ0) is 17.6. The highest BCUT2D eigenvalue weighted by Gasteiger charge is 2.11. The molecule has 2 N–H and O–H groups in total. The molecule has 0 saturated carbocycles. The lowest BCUT2D eigenvalue weighted by Crippen LogP contribution is -2.42. The topological polar surface area (TPSA) is 54.0 Å². The Kier molecular flexibility index (Phi) is 5.93. The van der Waals surface area contributed by atoms with Gasteiger partial charge in [0.2, 0.25) is 0 Å². The van der Waals surface area contributed by atoms with E-state index in [4.69, 9.17) is 5.73 Å². The lowest BCUT2D eigenvalue weighted by Gasteiger charge is -2.29. The zero-order valence-electron chi connectivity index (χ0n) is 15.1. The van der Waals surface area contributed by atoms with Crippen molar-refractivity contribution in [3.8, 4) is 0 Å². The van der Waals surface area contributed by atoms with Crippen molar-refractivity contribution in [2.75, 3.05) is 51.4 Å². The van der Waals surface area contributed by atoms with Crippen molar-refractivity contribution in [3.63, 3.8) is 0 Å². The molecule has 0 unspecified atom stereocenters. The fourth-order valence-electron chi connectivity index (χ4n) is 2.28. The van der Waals surface area contributed by atoms with Crippen molar-refractivity contribution < 1.29 is 4.48 Å². The molecule has 0 saturated heterocycles. The molecule has 0 aliphatic rings. The standard InChI is InChI=1S/C19H28N5/c1-5-23(14-15-24(2,3)4)19-12-10-18(11-13-19)22-21-17-8-6-16(20)7-9-17/h6-13H,5,14-15,20H2,1-4H3/q+1. The molecule has 0 atom stereocenters. The Morgan fingerprint density at radius 1 is 0.875 bits per heavy atom. The Morgan fingerprint density at radius 2 is 1.38 bits per heavy atom. The second-order valence-electron chi connectivity index (χ2n) is 6.90. The zero-order valence-corrected chi connectivity index (χ0v) is 15.1. The first-order valence-corrected chi connectivity index (χ1v) is 8.30. The van der Waals surface area contributed by atoms with Gasteiger partial charge in [-0.1, -0.05) is 0 Å². The highest BCUT2D eigenvalue weighted by atomic mass is 15.3. The average Bonchev–Trinajstić information content (AvgIpc) is 2.55. The summed E-state index contributed by atoms with van der Waals surface area (Å²) in [4.78, 5) is 2.38. The summed E-state index contributed by atoms with van der Waals surface area (Å²) in [6, 6.07) is 15.6. The van der Waals surface area contributed by atoms with Crippen LogP contribution in [-0.4, -0.2) is 45.3 Å². The lowest BCUT2D eigenvalue weighted by molar-refractivity contribution is -0.868. The van der Waals surface area contributed by atoms with Gasteiger partial charge < -0.3 is 15.1 Å². The van der Waals surface area contributed by atoms with Crippen molar-refractivity contribution in [2.45, 2.75) is 6.92 Å². The van der Waals surface area contributed by atoms with E-state index in [1.165, 1.54) is 5.69 Å². The number of quaternary nitrogens is 1. The van der Waals surface area contributed by atoms with Gasteiger partial charge in [-0.15, -0.1) is 0 Å². The maximum atomic E-state index is 5.67. The molecule has 0 amide bonds. The molecule has 2 aromatic rings. The minimum absolute atomic E-state index is 0.729. The number of hydrogen-bond donors (Lipinski definition) is 1. The van der Waals surface area contributed by atoms with E-state index in [9.17, 15) is 0 Å².